The molecular formula is C21H23N3. The minimum Gasteiger partial charge on any atom is -0.375 e. The van der Waals surface area contributed by atoms with E-state index in [4.69, 9.17) is 0 Å². The molecule has 1 aliphatic rings. The van der Waals surface area contributed by atoms with Crippen LogP contribution in [0, 0.1) is 12.8 Å². The lowest BCUT2D eigenvalue weighted by Gasteiger charge is -2.19. The molecule has 1 heterocycles. The highest BCUT2D eigenvalue weighted by Crippen LogP contribution is 2.42. The zero-order chi connectivity index (χ0) is 16.4. The number of hydrogen-bond donors (Lipinski definition) is 1. The van der Waals surface area contributed by atoms with Crippen LogP contribution in [0.15, 0.2) is 67.0 Å². The molecule has 3 nitrogen and oxygen atoms in total. The highest BCUT2D eigenvalue weighted by molar-refractivity contribution is 5.43. The van der Waals surface area contributed by atoms with E-state index in [0.717, 1.165) is 18.2 Å². The summed E-state index contributed by atoms with van der Waals surface area (Å²) in [6.45, 7) is 2.94. The lowest BCUT2D eigenvalue weighted by Crippen LogP contribution is -2.12. The summed E-state index contributed by atoms with van der Waals surface area (Å²) in [5, 5.41) is 8.21. The van der Waals surface area contributed by atoms with Gasteiger partial charge in [-0.2, -0.15) is 5.10 Å². The molecule has 3 heteroatoms. The van der Waals surface area contributed by atoms with E-state index < -0.39 is 0 Å². The number of benzene rings is 2. The summed E-state index contributed by atoms with van der Waals surface area (Å²) in [6, 6.07) is 19.7. The standard InChI is InChI=1S/C21H23N3/c1-16-7-9-18(10-8-16)21(19-11-12-19)23-20-13-22-24(15-20)14-17-5-3-2-4-6-17/h2-10,13,15,19,21,23H,11-12,14H2,1H3. The van der Waals surface area contributed by atoms with Gasteiger partial charge in [0.25, 0.3) is 0 Å². The van der Waals surface area contributed by atoms with Crippen molar-refractivity contribution in [3.8, 4) is 0 Å². The first-order valence-corrected chi connectivity index (χ1v) is 8.67. The Balaban J connectivity index is 1.48. The van der Waals surface area contributed by atoms with Crippen LogP contribution < -0.4 is 5.32 Å². The van der Waals surface area contributed by atoms with Gasteiger partial charge in [-0.3, -0.25) is 4.68 Å². The Kier molecular flexibility index (Phi) is 4.08. The van der Waals surface area contributed by atoms with Gasteiger partial charge in [-0.05, 0) is 36.8 Å². The summed E-state index contributed by atoms with van der Waals surface area (Å²) in [7, 11) is 0. The molecule has 0 amide bonds. The topological polar surface area (TPSA) is 29.9 Å². The van der Waals surface area contributed by atoms with Gasteiger partial charge in [0.2, 0.25) is 0 Å². The van der Waals surface area contributed by atoms with Crippen molar-refractivity contribution in [3.05, 3.63) is 83.7 Å². The van der Waals surface area contributed by atoms with Crippen molar-refractivity contribution in [1.82, 2.24) is 9.78 Å². The first-order valence-electron chi connectivity index (χ1n) is 8.67. The Labute approximate surface area is 143 Å². The Hall–Kier alpha value is -2.55. The molecule has 0 bridgehead atoms. The predicted octanol–water partition coefficient (Wildman–Crippen LogP) is 4.80. The molecule has 0 saturated heterocycles. The number of hydrogen-bond acceptors (Lipinski definition) is 2. The quantitative estimate of drug-likeness (QED) is 0.707. The molecule has 1 fully saturated rings. The third-order valence-electron chi connectivity index (χ3n) is 4.67. The molecule has 1 unspecified atom stereocenters. The second-order valence-corrected chi connectivity index (χ2v) is 6.78. The molecule has 2 aromatic carbocycles. The van der Waals surface area contributed by atoms with Gasteiger partial charge in [-0.15, -0.1) is 0 Å². The SMILES string of the molecule is Cc1ccc(C(Nc2cnn(Cc3ccccc3)c2)C2CC2)cc1. The Morgan fingerprint density at radius 2 is 1.83 bits per heavy atom. The van der Waals surface area contributed by atoms with Gasteiger partial charge >= 0.3 is 0 Å². The van der Waals surface area contributed by atoms with Gasteiger partial charge in [0.05, 0.1) is 24.5 Å². The third kappa shape index (κ3) is 3.51. The zero-order valence-corrected chi connectivity index (χ0v) is 14.0. The van der Waals surface area contributed by atoms with Gasteiger partial charge in [-0.1, -0.05) is 60.2 Å². The molecule has 1 saturated carbocycles. The van der Waals surface area contributed by atoms with Gasteiger partial charge in [0, 0.05) is 6.20 Å². The van der Waals surface area contributed by atoms with E-state index in [1.54, 1.807) is 0 Å². The molecule has 3 aromatic rings. The van der Waals surface area contributed by atoms with Gasteiger partial charge < -0.3 is 5.32 Å². The molecule has 0 spiro atoms. The molecule has 1 aliphatic carbocycles. The van der Waals surface area contributed by atoms with Crippen molar-refractivity contribution in [3.63, 3.8) is 0 Å². The minimum absolute atomic E-state index is 0.389. The van der Waals surface area contributed by atoms with Crippen molar-refractivity contribution in [2.24, 2.45) is 5.92 Å². The lowest BCUT2D eigenvalue weighted by molar-refractivity contribution is 0.675. The van der Waals surface area contributed by atoms with Crippen LogP contribution in [0.4, 0.5) is 5.69 Å². The molecular weight excluding hydrogens is 294 g/mol. The van der Waals surface area contributed by atoms with Crippen molar-refractivity contribution in [1.29, 1.82) is 0 Å². The molecule has 0 radical (unpaired) electrons. The number of nitrogens with one attached hydrogen (secondary N) is 1. The average Bonchev–Trinajstić information content (AvgIpc) is 3.36. The van der Waals surface area contributed by atoms with E-state index in [9.17, 15) is 0 Å². The zero-order valence-electron chi connectivity index (χ0n) is 14.0. The summed E-state index contributed by atoms with van der Waals surface area (Å²) >= 11 is 0. The number of nitrogens with zero attached hydrogens (tertiary/aromatic N) is 2. The maximum atomic E-state index is 4.51. The normalized spacial score (nSPS) is 15.2. The van der Waals surface area contributed by atoms with E-state index in [0.29, 0.717) is 6.04 Å². The highest BCUT2D eigenvalue weighted by Gasteiger charge is 2.32. The van der Waals surface area contributed by atoms with E-state index in [-0.39, 0.29) is 0 Å². The first-order chi connectivity index (χ1) is 11.8. The summed E-state index contributed by atoms with van der Waals surface area (Å²) in [5.41, 5.74) is 5.05. The molecule has 0 aliphatic heterocycles. The second-order valence-electron chi connectivity index (χ2n) is 6.78. The molecule has 1 N–H and O–H groups in total. The van der Waals surface area contributed by atoms with Crippen molar-refractivity contribution in [2.45, 2.75) is 32.4 Å². The fourth-order valence-corrected chi connectivity index (χ4v) is 3.15. The Morgan fingerprint density at radius 1 is 1.08 bits per heavy atom. The van der Waals surface area contributed by atoms with Crippen LogP contribution in [0.5, 0.6) is 0 Å². The van der Waals surface area contributed by atoms with Crippen LogP contribution in [0.25, 0.3) is 0 Å². The first kappa shape index (κ1) is 15.0. The van der Waals surface area contributed by atoms with Crippen molar-refractivity contribution < 1.29 is 0 Å². The predicted molar refractivity (Wildman–Crippen MR) is 98.0 cm³/mol. The minimum atomic E-state index is 0.389. The Bertz CT molecular complexity index is 785. The number of anilines is 1. The largest absolute Gasteiger partial charge is 0.375 e. The summed E-state index contributed by atoms with van der Waals surface area (Å²) in [6.07, 6.45) is 6.66. The fourth-order valence-electron chi connectivity index (χ4n) is 3.15. The van der Waals surface area contributed by atoms with E-state index in [1.165, 1.54) is 29.5 Å². The smallest absolute Gasteiger partial charge is 0.0731 e. The number of aryl methyl sites for hydroxylation is 1. The average molecular weight is 317 g/mol. The lowest BCUT2D eigenvalue weighted by atomic mass is 10.0. The Morgan fingerprint density at radius 3 is 2.54 bits per heavy atom. The van der Waals surface area contributed by atoms with E-state index in [2.05, 4.69) is 72.1 Å². The van der Waals surface area contributed by atoms with Crippen LogP contribution in [0.3, 0.4) is 0 Å². The number of aromatic nitrogens is 2. The van der Waals surface area contributed by atoms with Gasteiger partial charge in [-0.25, -0.2) is 0 Å². The molecule has 1 aromatic heterocycles. The van der Waals surface area contributed by atoms with Crippen LogP contribution in [-0.4, -0.2) is 9.78 Å². The molecule has 4 rings (SSSR count). The summed E-state index contributed by atoms with van der Waals surface area (Å²) < 4.78 is 2.00. The molecule has 122 valence electrons. The summed E-state index contributed by atoms with van der Waals surface area (Å²) in [4.78, 5) is 0. The molecule has 24 heavy (non-hydrogen) atoms. The van der Waals surface area contributed by atoms with Gasteiger partial charge in [0.15, 0.2) is 0 Å². The molecule has 1 atom stereocenters. The maximum Gasteiger partial charge on any atom is 0.0731 e. The summed E-state index contributed by atoms with van der Waals surface area (Å²) in [5.74, 6) is 0.741. The highest BCUT2D eigenvalue weighted by atomic mass is 15.3. The number of rotatable bonds is 6. The van der Waals surface area contributed by atoms with Gasteiger partial charge in [0.1, 0.15) is 0 Å². The third-order valence-corrected chi connectivity index (χ3v) is 4.67. The van der Waals surface area contributed by atoms with Crippen LogP contribution in [0.2, 0.25) is 0 Å². The van der Waals surface area contributed by atoms with Crippen LogP contribution >= 0.6 is 0 Å². The van der Waals surface area contributed by atoms with Crippen LogP contribution in [0.1, 0.15) is 35.6 Å². The maximum absolute atomic E-state index is 4.51. The second kappa shape index (κ2) is 6.52. The van der Waals surface area contributed by atoms with Crippen molar-refractivity contribution in [2.75, 3.05) is 5.32 Å². The van der Waals surface area contributed by atoms with E-state index in [1.807, 2.05) is 16.9 Å². The van der Waals surface area contributed by atoms with E-state index >= 15 is 0 Å². The fraction of sp³-hybridized carbons (Fsp3) is 0.286. The van der Waals surface area contributed by atoms with Crippen molar-refractivity contribution >= 4 is 5.69 Å². The van der Waals surface area contributed by atoms with Crippen LogP contribution in [-0.2, 0) is 6.54 Å². The monoisotopic (exact) mass is 317 g/mol.